The Bertz CT molecular complexity index is 1320. The number of Topliss-reactive ketones (excluding diaryl/α,β-unsaturated/α-hetero) is 2. The van der Waals surface area contributed by atoms with Crippen molar-refractivity contribution >= 4 is 29.5 Å². The van der Waals surface area contributed by atoms with E-state index < -0.39 is 88.7 Å². The molecule has 39 heavy (non-hydrogen) atoms. The zero-order valence-electron chi connectivity index (χ0n) is 22.1. The van der Waals surface area contributed by atoms with Crippen LogP contribution >= 0.6 is 0 Å². The van der Waals surface area contributed by atoms with E-state index in [1.807, 2.05) is 20.8 Å². The van der Waals surface area contributed by atoms with Gasteiger partial charge in [-0.05, 0) is 61.8 Å². The molecule has 3 aliphatic rings. The molecule has 210 valence electrons. The summed E-state index contributed by atoms with van der Waals surface area (Å²) in [5, 5.41) is 57.9. The Morgan fingerprint density at radius 1 is 1.21 bits per heavy atom. The molecule has 1 fully saturated rings. The number of aliphatic hydroxyl groups excluding tert-OH is 3. The number of nitrogens with one attached hydrogen (secondary N) is 1. The van der Waals surface area contributed by atoms with Gasteiger partial charge in [0.2, 0.25) is 5.91 Å². The van der Waals surface area contributed by atoms with E-state index in [0.29, 0.717) is 11.1 Å². The number of carbonyl (C=O) groups excluding carboxylic acids is 4. The van der Waals surface area contributed by atoms with Gasteiger partial charge in [-0.15, -0.1) is 0 Å². The van der Waals surface area contributed by atoms with Gasteiger partial charge in [0.15, 0.2) is 17.2 Å². The van der Waals surface area contributed by atoms with Gasteiger partial charge in [0, 0.05) is 30.6 Å². The molecule has 0 aliphatic heterocycles. The fourth-order valence-electron chi connectivity index (χ4n) is 6.78. The van der Waals surface area contributed by atoms with Crippen molar-refractivity contribution in [2.75, 3.05) is 6.61 Å². The third-order valence-electron chi connectivity index (χ3n) is 8.29. The van der Waals surface area contributed by atoms with Gasteiger partial charge < -0.3 is 36.6 Å². The van der Waals surface area contributed by atoms with Crippen LogP contribution in [0.2, 0.25) is 0 Å². The van der Waals surface area contributed by atoms with Crippen LogP contribution in [0.25, 0.3) is 6.08 Å². The summed E-state index contributed by atoms with van der Waals surface area (Å²) in [6.07, 6.45) is 0.313. The summed E-state index contributed by atoms with van der Waals surface area (Å²) >= 11 is 0. The van der Waals surface area contributed by atoms with Crippen LogP contribution in [0.3, 0.4) is 0 Å². The standard InChI is InChI=1S/C28H34N2O9/c1-11-18-12(6-8-17(34)30-27(2,3)4)5-7-15(32)20(18)23(35)22-19(11)13(10-31)14-9-16(33)21(26(29)38)24(36)28(14,39)25(22)37/h5-8,11,13-14,19,22,25,31-32,36-37,39H,9-10H2,1-4H3,(H2,29,38)(H,30,34)/b8-6+/t11-,13+,14+,19-,22?,25?,28+/m0/s1. The number of hydrogen-bond donors (Lipinski definition) is 7. The Balaban J connectivity index is 1.88. The van der Waals surface area contributed by atoms with Gasteiger partial charge in [0.1, 0.15) is 23.2 Å². The molecule has 0 saturated heterocycles. The molecule has 8 N–H and O–H groups in total. The topological polar surface area (TPSA) is 207 Å². The van der Waals surface area contributed by atoms with Crippen molar-refractivity contribution in [3.63, 3.8) is 0 Å². The van der Waals surface area contributed by atoms with Crippen molar-refractivity contribution < 1.29 is 44.7 Å². The molecular formula is C28H34N2O9. The fourth-order valence-corrected chi connectivity index (χ4v) is 6.78. The van der Waals surface area contributed by atoms with Gasteiger partial charge in [-0.3, -0.25) is 19.2 Å². The van der Waals surface area contributed by atoms with Gasteiger partial charge in [0.25, 0.3) is 5.91 Å². The number of aliphatic hydroxyl groups is 4. The number of nitrogens with two attached hydrogens (primary N) is 1. The van der Waals surface area contributed by atoms with Crippen LogP contribution in [0.5, 0.6) is 5.75 Å². The molecule has 2 amide bonds. The lowest BCUT2D eigenvalue weighted by Gasteiger charge is -2.57. The van der Waals surface area contributed by atoms with E-state index in [9.17, 15) is 44.7 Å². The highest BCUT2D eigenvalue weighted by Crippen LogP contribution is 2.59. The van der Waals surface area contributed by atoms with Crippen molar-refractivity contribution in [3.05, 3.63) is 46.2 Å². The van der Waals surface area contributed by atoms with Crippen molar-refractivity contribution in [1.29, 1.82) is 0 Å². The highest BCUT2D eigenvalue weighted by molar-refractivity contribution is 6.20. The number of ketones is 2. The number of carbonyl (C=O) groups is 4. The van der Waals surface area contributed by atoms with Crippen LogP contribution < -0.4 is 11.1 Å². The summed E-state index contributed by atoms with van der Waals surface area (Å²) in [7, 11) is 0. The normalized spacial score (nSPS) is 32.5. The van der Waals surface area contributed by atoms with E-state index in [1.165, 1.54) is 18.2 Å². The van der Waals surface area contributed by atoms with Crippen LogP contribution in [0.1, 0.15) is 61.5 Å². The number of amides is 2. The molecule has 0 spiro atoms. The largest absolute Gasteiger partial charge is 0.508 e. The Morgan fingerprint density at radius 3 is 2.41 bits per heavy atom. The second-order valence-electron chi connectivity index (χ2n) is 11.7. The Kier molecular flexibility index (Phi) is 6.99. The van der Waals surface area contributed by atoms with Crippen molar-refractivity contribution in [1.82, 2.24) is 5.32 Å². The zero-order valence-corrected chi connectivity index (χ0v) is 22.1. The number of rotatable bonds is 4. The zero-order chi connectivity index (χ0) is 29.2. The number of benzene rings is 1. The predicted molar refractivity (Wildman–Crippen MR) is 138 cm³/mol. The minimum absolute atomic E-state index is 0.120. The second kappa shape index (κ2) is 9.58. The van der Waals surface area contributed by atoms with E-state index in [1.54, 1.807) is 13.0 Å². The summed E-state index contributed by atoms with van der Waals surface area (Å²) in [5.41, 5.74) is 2.02. The average molecular weight is 543 g/mol. The van der Waals surface area contributed by atoms with E-state index in [-0.39, 0.29) is 17.2 Å². The van der Waals surface area contributed by atoms with Gasteiger partial charge >= 0.3 is 0 Å². The number of fused-ring (bicyclic) bond motifs is 3. The number of phenolic OH excluding ortho intramolecular Hbond substituents is 1. The first-order chi connectivity index (χ1) is 18.1. The highest BCUT2D eigenvalue weighted by atomic mass is 16.4. The molecule has 1 saturated carbocycles. The van der Waals surface area contributed by atoms with Gasteiger partial charge in [0.05, 0.1) is 11.5 Å². The highest BCUT2D eigenvalue weighted by Gasteiger charge is 2.67. The summed E-state index contributed by atoms with van der Waals surface area (Å²) in [6, 6.07) is 2.82. The van der Waals surface area contributed by atoms with E-state index in [2.05, 4.69) is 5.32 Å². The lowest BCUT2D eigenvalue weighted by Crippen LogP contribution is -2.68. The van der Waals surface area contributed by atoms with E-state index in [0.717, 1.165) is 0 Å². The molecule has 0 radical (unpaired) electrons. The second-order valence-corrected chi connectivity index (χ2v) is 11.7. The maximum atomic E-state index is 13.9. The maximum Gasteiger partial charge on any atom is 0.255 e. The molecule has 4 rings (SSSR count). The molecule has 3 aliphatic carbocycles. The lowest BCUT2D eigenvalue weighted by molar-refractivity contribution is -0.197. The van der Waals surface area contributed by atoms with Crippen LogP contribution in [-0.4, -0.2) is 72.8 Å². The van der Waals surface area contributed by atoms with Crippen LogP contribution in [-0.2, 0) is 14.4 Å². The minimum atomic E-state index is -2.61. The summed E-state index contributed by atoms with van der Waals surface area (Å²) in [5.74, 6) is -9.84. The van der Waals surface area contributed by atoms with E-state index >= 15 is 0 Å². The van der Waals surface area contributed by atoms with Crippen molar-refractivity contribution in [2.24, 2.45) is 29.4 Å². The van der Waals surface area contributed by atoms with Gasteiger partial charge in [-0.2, -0.15) is 0 Å². The number of phenols is 1. The Morgan fingerprint density at radius 2 is 1.85 bits per heavy atom. The third kappa shape index (κ3) is 4.34. The summed E-state index contributed by atoms with van der Waals surface area (Å²) in [6.45, 7) is 6.58. The van der Waals surface area contributed by atoms with E-state index in [4.69, 9.17) is 5.73 Å². The summed E-state index contributed by atoms with van der Waals surface area (Å²) < 4.78 is 0. The maximum absolute atomic E-state index is 13.9. The summed E-state index contributed by atoms with van der Waals surface area (Å²) in [4.78, 5) is 50.9. The fraction of sp³-hybridized carbons (Fsp3) is 0.500. The first-order valence-corrected chi connectivity index (χ1v) is 12.7. The number of aromatic hydroxyl groups is 1. The van der Waals surface area contributed by atoms with Crippen LogP contribution in [0.15, 0.2) is 29.5 Å². The molecule has 11 heteroatoms. The van der Waals surface area contributed by atoms with Crippen LogP contribution in [0, 0.1) is 23.7 Å². The van der Waals surface area contributed by atoms with Gasteiger partial charge in [-0.25, -0.2) is 0 Å². The average Bonchev–Trinajstić information content (AvgIpc) is 2.82. The molecule has 0 bridgehead atoms. The molecule has 1 aromatic carbocycles. The molecule has 0 heterocycles. The number of primary amides is 1. The predicted octanol–water partition coefficient (Wildman–Crippen LogP) is 0.453. The molecule has 0 aromatic heterocycles. The Hall–Kier alpha value is -3.54. The molecule has 1 aromatic rings. The van der Waals surface area contributed by atoms with Crippen LogP contribution in [0.4, 0.5) is 0 Å². The molecule has 2 unspecified atom stereocenters. The smallest absolute Gasteiger partial charge is 0.255 e. The van der Waals surface area contributed by atoms with Gasteiger partial charge in [-0.1, -0.05) is 13.0 Å². The van der Waals surface area contributed by atoms with Crippen molar-refractivity contribution in [2.45, 2.75) is 57.3 Å². The third-order valence-corrected chi connectivity index (χ3v) is 8.29. The monoisotopic (exact) mass is 542 g/mol. The lowest BCUT2D eigenvalue weighted by atomic mass is 9.48. The number of hydrogen-bond acceptors (Lipinski definition) is 9. The van der Waals surface area contributed by atoms with Crippen molar-refractivity contribution in [3.8, 4) is 5.75 Å². The first-order valence-electron chi connectivity index (χ1n) is 12.7. The quantitative estimate of drug-likeness (QED) is 0.208. The molecule has 7 atom stereocenters. The Labute approximate surface area is 225 Å². The minimum Gasteiger partial charge on any atom is -0.508 e. The SMILES string of the molecule is C[C@H]1c2c(/C=C/C(=O)NC(C)(C)C)ccc(O)c2C(=O)C2C(O)[C@]3(O)C(O)=C(C(N)=O)C(=O)C[C@@H]3[C@@H](CO)[C@@H]21. The molecule has 11 nitrogen and oxygen atoms in total. The molecular weight excluding hydrogens is 508 g/mol. The first kappa shape index (κ1) is 28.5.